The van der Waals surface area contributed by atoms with E-state index in [1.807, 2.05) is 60.2 Å². The number of benzene rings is 1. The molecule has 1 amide bonds. The van der Waals surface area contributed by atoms with Crippen LogP contribution in [0.15, 0.2) is 41.8 Å². The first-order valence-corrected chi connectivity index (χ1v) is 12.3. The van der Waals surface area contributed by atoms with Gasteiger partial charge in [-0.1, -0.05) is 12.1 Å². The second kappa shape index (κ2) is 9.82. The number of carbonyl (C=O) groups is 3. The number of anilines is 1. The number of hydrogen-bond donors (Lipinski definition) is 0. The fraction of sp³-hybridized carbons (Fsp3) is 0.423. The molecule has 0 atom stereocenters. The van der Waals surface area contributed by atoms with Gasteiger partial charge in [0.05, 0.1) is 15.9 Å². The van der Waals surface area contributed by atoms with Gasteiger partial charge in [-0.15, -0.1) is 11.3 Å². The summed E-state index contributed by atoms with van der Waals surface area (Å²) in [5, 5.41) is 2.00. The van der Waals surface area contributed by atoms with E-state index in [-0.39, 0.29) is 24.2 Å². The molecule has 32 heavy (non-hydrogen) atoms. The SMILES string of the molecule is CCN(C(=O)Cn1c(C(=O)CC2CCC(C=O)CC2)cc2sccc21)c1cccc(C)c1. The molecule has 0 radical (unpaired) electrons. The molecule has 168 valence electrons. The zero-order valence-corrected chi connectivity index (χ0v) is 19.6. The van der Waals surface area contributed by atoms with Gasteiger partial charge in [-0.25, -0.2) is 0 Å². The van der Waals surface area contributed by atoms with Crippen LogP contribution in [0.25, 0.3) is 10.2 Å². The first-order valence-electron chi connectivity index (χ1n) is 11.4. The van der Waals surface area contributed by atoms with Crippen LogP contribution in [0.2, 0.25) is 0 Å². The van der Waals surface area contributed by atoms with Gasteiger partial charge in [0.25, 0.3) is 0 Å². The van der Waals surface area contributed by atoms with Gasteiger partial charge in [0, 0.05) is 24.6 Å². The minimum atomic E-state index is -0.0256. The number of rotatable bonds is 8. The van der Waals surface area contributed by atoms with E-state index in [1.54, 1.807) is 16.2 Å². The van der Waals surface area contributed by atoms with Crippen molar-refractivity contribution in [1.29, 1.82) is 0 Å². The van der Waals surface area contributed by atoms with E-state index in [2.05, 4.69) is 0 Å². The van der Waals surface area contributed by atoms with Crippen molar-refractivity contribution >= 4 is 45.2 Å². The summed E-state index contributed by atoms with van der Waals surface area (Å²) in [7, 11) is 0. The first kappa shape index (κ1) is 22.5. The number of carbonyl (C=O) groups excluding carboxylic acids is 3. The van der Waals surface area contributed by atoms with Crippen molar-refractivity contribution in [3.05, 3.63) is 53.0 Å². The molecule has 4 rings (SSSR count). The van der Waals surface area contributed by atoms with Gasteiger partial charge >= 0.3 is 0 Å². The average Bonchev–Trinajstić information content (AvgIpc) is 3.37. The van der Waals surface area contributed by atoms with Gasteiger partial charge in [-0.3, -0.25) is 9.59 Å². The maximum Gasteiger partial charge on any atom is 0.246 e. The highest BCUT2D eigenvalue weighted by Crippen LogP contribution is 2.32. The van der Waals surface area contributed by atoms with Crippen molar-refractivity contribution in [2.75, 3.05) is 11.4 Å². The Kier molecular flexibility index (Phi) is 6.89. The number of hydrogen-bond acceptors (Lipinski definition) is 4. The quantitative estimate of drug-likeness (QED) is 0.329. The molecule has 1 fully saturated rings. The number of aldehydes is 1. The molecule has 0 saturated heterocycles. The molecule has 6 heteroatoms. The summed E-state index contributed by atoms with van der Waals surface area (Å²) < 4.78 is 2.93. The fourth-order valence-electron chi connectivity index (χ4n) is 4.79. The molecule has 2 heterocycles. The molecule has 3 aromatic rings. The third-order valence-corrected chi connectivity index (χ3v) is 7.44. The van der Waals surface area contributed by atoms with Crippen LogP contribution in [0.4, 0.5) is 5.69 Å². The van der Waals surface area contributed by atoms with Crippen LogP contribution in [0.3, 0.4) is 0 Å². The standard InChI is InChI=1S/C26H30N2O3S/c1-3-27(21-6-4-5-18(2)13-21)26(31)16-28-22-11-12-32-25(22)15-23(28)24(30)14-19-7-9-20(17-29)10-8-19/h4-6,11-13,15,17,19-20H,3,7-10,14,16H2,1-2H3. The molecular weight excluding hydrogens is 420 g/mol. The zero-order valence-electron chi connectivity index (χ0n) is 18.8. The predicted molar refractivity (Wildman–Crippen MR) is 129 cm³/mol. The van der Waals surface area contributed by atoms with Crippen LogP contribution < -0.4 is 4.90 Å². The highest BCUT2D eigenvalue weighted by molar-refractivity contribution is 7.17. The van der Waals surface area contributed by atoms with Gasteiger partial charge in [-0.2, -0.15) is 0 Å². The largest absolute Gasteiger partial charge is 0.328 e. The topological polar surface area (TPSA) is 59.4 Å². The van der Waals surface area contributed by atoms with Crippen LogP contribution in [0.5, 0.6) is 0 Å². The summed E-state index contributed by atoms with van der Waals surface area (Å²) in [6.45, 7) is 4.69. The maximum atomic E-state index is 13.3. The summed E-state index contributed by atoms with van der Waals surface area (Å²) >= 11 is 1.59. The van der Waals surface area contributed by atoms with Crippen molar-refractivity contribution in [1.82, 2.24) is 4.57 Å². The Bertz CT molecular complexity index is 1120. The van der Waals surface area contributed by atoms with Crippen molar-refractivity contribution in [3.8, 4) is 0 Å². The van der Waals surface area contributed by atoms with Gasteiger partial charge in [-0.05, 0) is 80.7 Å². The lowest BCUT2D eigenvalue weighted by molar-refractivity contribution is -0.119. The first-order chi connectivity index (χ1) is 15.5. The van der Waals surface area contributed by atoms with Gasteiger partial charge in [0.15, 0.2) is 5.78 Å². The number of likely N-dealkylation sites (N-methyl/N-ethyl adjacent to an activating group) is 1. The third-order valence-electron chi connectivity index (χ3n) is 6.59. The number of amides is 1. The van der Waals surface area contributed by atoms with Crippen LogP contribution in [-0.4, -0.2) is 29.1 Å². The molecular formula is C26H30N2O3S. The van der Waals surface area contributed by atoms with Crippen LogP contribution >= 0.6 is 11.3 Å². The molecule has 1 aliphatic carbocycles. The lowest BCUT2D eigenvalue weighted by Crippen LogP contribution is -2.34. The Morgan fingerprint density at radius 1 is 1.16 bits per heavy atom. The van der Waals surface area contributed by atoms with Crippen LogP contribution in [-0.2, 0) is 16.1 Å². The Morgan fingerprint density at radius 3 is 2.62 bits per heavy atom. The Morgan fingerprint density at radius 2 is 1.94 bits per heavy atom. The summed E-state index contributed by atoms with van der Waals surface area (Å²) in [5.41, 5.74) is 3.55. The second-order valence-electron chi connectivity index (χ2n) is 8.81. The summed E-state index contributed by atoms with van der Waals surface area (Å²) in [6.07, 6.45) is 5.11. The number of nitrogens with zero attached hydrogens (tertiary/aromatic N) is 2. The van der Waals surface area contributed by atoms with Crippen LogP contribution in [0.1, 0.15) is 55.1 Å². The summed E-state index contributed by atoms with van der Waals surface area (Å²) in [4.78, 5) is 39.4. The van der Waals surface area contributed by atoms with Crippen molar-refractivity contribution in [3.63, 3.8) is 0 Å². The van der Waals surface area contributed by atoms with Crippen molar-refractivity contribution < 1.29 is 14.4 Å². The smallest absolute Gasteiger partial charge is 0.246 e. The Balaban J connectivity index is 1.55. The maximum absolute atomic E-state index is 13.3. The fourth-order valence-corrected chi connectivity index (χ4v) is 5.62. The van der Waals surface area contributed by atoms with Crippen molar-refractivity contribution in [2.45, 2.75) is 52.5 Å². The minimum Gasteiger partial charge on any atom is -0.328 e. The van der Waals surface area contributed by atoms with E-state index in [1.165, 1.54) is 0 Å². The lowest BCUT2D eigenvalue weighted by atomic mass is 9.80. The predicted octanol–water partition coefficient (Wildman–Crippen LogP) is 5.64. The van der Waals surface area contributed by atoms with E-state index in [0.717, 1.165) is 53.4 Å². The second-order valence-corrected chi connectivity index (χ2v) is 9.75. The Hall–Kier alpha value is -2.73. The highest BCUT2D eigenvalue weighted by atomic mass is 32.1. The van der Waals surface area contributed by atoms with Gasteiger partial charge < -0.3 is 14.3 Å². The van der Waals surface area contributed by atoms with Gasteiger partial charge in [0.1, 0.15) is 12.8 Å². The molecule has 1 aliphatic rings. The molecule has 5 nitrogen and oxygen atoms in total. The number of aryl methyl sites for hydroxylation is 1. The lowest BCUT2D eigenvalue weighted by Gasteiger charge is -2.25. The van der Waals surface area contributed by atoms with E-state index >= 15 is 0 Å². The summed E-state index contributed by atoms with van der Waals surface area (Å²) in [5.74, 6) is 0.529. The van der Waals surface area contributed by atoms with Gasteiger partial charge in [0.2, 0.25) is 5.91 Å². The number of Topliss-reactive ketones (excluding diaryl/α,β-unsaturated/α-hetero) is 1. The number of fused-ring (bicyclic) bond motifs is 1. The number of thiophene rings is 1. The van der Waals surface area contributed by atoms with E-state index in [0.29, 0.717) is 24.6 Å². The van der Waals surface area contributed by atoms with E-state index in [4.69, 9.17) is 0 Å². The molecule has 1 aromatic carbocycles. The average molecular weight is 451 g/mol. The number of aromatic nitrogens is 1. The van der Waals surface area contributed by atoms with E-state index in [9.17, 15) is 14.4 Å². The minimum absolute atomic E-state index is 0.0256. The third kappa shape index (κ3) is 4.70. The van der Waals surface area contributed by atoms with E-state index < -0.39 is 0 Å². The zero-order chi connectivity index (χ0) is 22.7. The molecule has 0 N–H and O–H groups in total. The molecule has 1 saturated carbocycles. The normalized spacial score (nSPS) is 18.6. The molecule has 2 aromatic heterocycles. The molecule has 0 spiro atoms. The number of ketones is 1. The van der Waals surface area contributed by atoms with Crippen molar-refractivity contribution in [2.24, 2.45) is 11.8 Å². The molecule has 0 bridgehead atoms. The molecule has 0 aliphatic heterocycles. The molecule has 0 unspecified atom stereocenters. The monoisotopic (exact) mass is 450 g/mol. The van der Waals surface area contributed by atoms with Crippen LogP contribution in [0, 0.1) is 18.8 Å². The Labute approximate surface area is 193 Å². The highest BCUT2D eigenvalue weighted by Gasteiger charge is 2.26. The summed E-state index contributed by atoms with van der Waals surface area (Å²) in [6, 6.07) is 11.9.